The van der Waals surface area contributed by atoms with Gasteiger partial charge >= 0.3 is 0 Å². The van der Waals surface area contributed by atoms with Crippen LogP contribution in [0.3, 0.4) is 0 Å². The lowest BCUT2D eigenvalue weighted by Crippen LogP contribution is -2.22. The van der Waals surface area contributed by atoms with Gasteiger partial charge in [0.15, 0.2) is 4.32 Å². The van der Waals surface area contributed by atoms with Gasteiger partial charge in [0, 0.05) is 18.3 Å². The van der Waals surface area contributed by atoms with Gasteiger partial charge in [0.05, 0.1) is 20.0 Å². The number of para-hydroxylation sites is 1. The van der Waals surface area contributed by atoms with Crippen molar-refractivity contribution in [1.82, 2.24) is 9.88 Å². The van der Waals surface area contributed by atoms with Crippen molar-refractivity contribution in [2.24, 2.45) is 0 Å². The maximum atomic E-state index is 12.8. The number of carbonyl (C=O) groups is 1. The molecule has 1 aliphatic heterocycles. The first-order valence-electron chi connectivity index (χ1n) is 8.45. The van der Waals surface area contributed by atoms with E-state index in [1.165, 1.54) is 34.6 Å². The fraction of sp³-hybridized carbons (Fsp3) is 0. The van der Waals surface area contributed by atoms with Crippen LogP contribution in [0.2, 0.25) is 0 Å². The molecule has 7 nitrogen and oxygen atoms in total. The number of nitrogens with zero attached hydrogens (tertiary/aromatic N) is 4. The molecule has 30 heavy (non-hydrogen) atoms. The number of amides is 1. The molecule has 3 aromatic rings. The highest BCUT2D eigenvalue weighted by atomic mass is 32.2. The largest absolute Gasteiger partial charge is 0.270 e. The lowest BCUT2D eigenvalue weighted by molar-refractivity contribution is -0.384. The third kappa shape index (κ3) is 3.86. The van der Waals surface area contributed by atoms with Gasteiger partial charge in [-0.15, -0.1) is 11.3 Å². The van der Waals surface area contributed by atoms with Gasteiger partial charge in [-0.05, 0) is 35.9 Å². The van der Waals surface area contributed by atoms with Crippen molar-refractivity contribution in [3.05, 3.63) is 80.3 Å². The summed E-state index contributed by atoms with van der Waals surface area (Å²) in [5.41, 5.74) is 1.63. The Kier molecular flexibility index (Phi) is 5.41. The summed E-state index contributed by atoms with van der Waals surface area (Å²) in [6.45, 7) is 0. The number of hydrogen-bond donors (Lipinski definition) is 0. The molecule has 0 radical (unpaired) electrons. The Bertz CT molecular complexity index is 1270. The predicted molar refractivity (Wildman–Crippen MR) is 121 cm³/mol. The molecule has 146 valence electrons. The number of aromatic nitrogens is 1. The molecular formula is C20H10N4O3S3. The number of benzene rings is 2. The zero-order valence-corrected chi connectivity index (χ0v) is 17.5. The molecule has 0 unspecified atom stereocenters. The minimum Gasteiger partial charge on any atom is -0.268 e. The molecule has 0 N–H and O–H groups in total. The number of allylic oxidation sites excluding steroid dienone is 1. The highest BCUT2D eigenvalue weighted by Gasteiger charge is 2.31. The minimum absolute atomic E-state index is 0.0304. The number of thiocarbonyl (C=S) groups is 1. The van der Waals surface area contributed by atoms with Crippen LogP contribution in [0.25, 0.3) is 21.9 Å². The van der Waals surface area contributed by atoms with Crippen molar-refractivity contribution in [3.63, 3.8) is 0 Å². The number of nitro benzene ring substituents is 1. The molecule has 1 fully saturated rings. The summed E-state index contributed by atoms with van der Waals surface area (Å²) in [5.74, 6) is -0.364. The smallest absolute Gasteiger partial charge is 0.268 e. The number of nitriles is 1. The quantitative estimate of drug-likeness (QED) is 0.182. The fourth-order valence-electron chi connectivity index (χ4n) is 2.68. The third-order valence-corrected chi connectivity index (χ3v) is 6.53. The van der Waals surface area contributed by atoms with E-state index >= 15 is 0 Å². The molecule has 1 aliphatic rings. The van der Waals surface area contributed by atoms with Gasteiger partial charge in [-0.1, -0.05) is 36.1 Å². The summed E-state index contributed by atoms with van der Waals surface area (Å²) >= 11 is 7.78. The monoisotopic (exact) mass is 450 g/mol. The van der Waals surface area contributed by atoms with Crippen LogP contribution in [0.1, 0.15) is 10.6 Å². The summed E-state index contributed by atoms with van der Waals surface area (Å²) in [4.78, 5) is 29.2. The van der Waals surface area contributed by atoms with E-state index in [-0.39, 0.29) is 17.2 Å². The minimum atomic E-state index is -0.487. The van der Waals surface area contributed by atoms with Gasteiger partial charge < -0.3 is 0 Å². The van der Waals surface area contributed by atoms with E-state index in [9.17, 15) is 20.2 Å². The average molecular weight is 451 g/mol. The van der Waals surface area contributed by atoms with Crippen molar-refractivity contribution in [2.75, 3.05) is 0 Å². The first-order chi connectivity index (χ1) is 14.5. The molecule has 1 saturated heterocycles. The van der Waals surface area contributed by atoms with E-state index in [0.29, 0.717) is 19.8 Å². The molecule has 0 spiro atoms. The van der Waals surface area contributed by atoms with Crippen LogP contribution < -0.4 is 0 Å². The molecular weight excluding hydrogens is 440 g/mol. The third-order valence-electron chi connectivity index (χ3n) is 4.13. The summed E-state index contributed by atoms with van der Waals surface area (Å²) < 4.78 is 1.24. The molecule has 1 aromatic heterocycles. The Balaban J connectivity index is 1.63. The second-order valence-electron chi connectivity index (χ2n) is 6.04. The molecule has 10 heteroatoms. The van der Waals surface area contributed by atoms with Crippen LogP contribution in [0.5, 0.6) is 0 Å². The molecule has 0 bridgehead atoms. The van der Waals surface area contributed by atoms with E-state index in [1.807, 2.05) is 24.3 Å². The molecule has 2 aromatic carbocycles. The molecule has 0 saturated carbocycles. The zero-order valence-electron chi connectivity index (χ0n) is 15.0. The summed E-state index contributed by atoms with van der Waals surface area (Å²) in [6.07, 6.45) is 3.02. The van der Waals surface area contributed by atoms with E-state index < -0.39 is 4.92 Å². The summed E-state index contributed by atoms with van der Waals surface area (Å²) in [7, 11) is 0. The van der Waals surface area contributed by atoms with Gasteiger partial charge in [0.2, 0.25) is 0 Å². The lowest BCUT2D eigenvalue weighted by atomic mass is 10.2. The number of nitro groups is 1. The topological polar surface area (TPSA) is 100 Å². The van der Waals surface area contributed by atoms with Crippen LogP contribution in [0.4, 0.5) is 5.69 Å². The van der Waals surface area contributed by atoms with E-state index in [1.54, 1.807) is 18.2 Å². The second kappa shape index (κ2) is 8.16. The van der Waals surface area contributed by atoms with Crippen molar-refractivity contribution >= 4 is 73.1 Å². The molecule has 0 aliphatic carbocycles. The van der Waals surface area contributed by atoms with E-state index in [0.717, 1.165) is 22.0 Å². The Morgan fingerprint density at radius 3 is 2.63 bits per heavy atom. The van der Waals surface area contributed by atoms with Crippen LogP contribution in [0, 0.1) is 21.4 Å². The van der Waals surface area contributed by atoms with Crippen LogP contribution in [0.15, 0.2) is 59.6 Å². The molecule has 0 atom stereocenters. The Hall–Kier alpha value is -3.39. The highest BCUT2D eigenvalue weighted by Crippen LogP contribution is 2.35. The number of thiazole rings is 1. The molecule has 4 rings (SSSR count). The maximum absolute atomic E-state index is 12.8. The van der Waals surface area contributed by atoms with Gasteiger partial charge in [-0.2, -0.15) is 5.26 Å². The van der Waals surface area contributed by atoms with Crippen LogP contribution >= 0.6 is 35.3 Å². The number of carbonyl (C=O) groups excluding carboxylic acids is 1. The standard InChI is InChI=1S/C20H10N4O3S3/c21-10-13(18-22-15-3-1-2-4-16(15)29-18)11-23-19(25)17(30-20(23)28)9-12-5-7-14(8-6-12)24(26)27/h1-9,11H/b13-11+,17-9+. The van der Waals surface area contributed by atoms with E-state index in [4.69, 9.17) is 12.2 Å². The Morgan fingerprint density at radius 2 is 1.97 bits per heavy atom. The molecule has 2 heterocycles. The second-order valence-corrected chi connectivity index (χ2v) is 8.75. The number of hydrogen-bond acceptors (Lipinski definition) is 8. The average Bonchev–Trinajstić information content (AvgIpc) is 3.28. The van der Waals surface area contributed by atoms with Crippen molar-refractivity contribution in [1.29, 1.82) is 5.26 Å². The normalized spacial score (nSPS) is 15.8. The number of rotatable bonds is 4. The highest BCUT2D eigenvalue weighted by molar-refractivity contribution is 8.26. The van der Waals surface area contributed by atoms with Crippen molar-refractivity contribution < 1.29 is 9.72 Å². The first-order valence-corrected chi connectivity index (χ1v) is 10.5. The van der Waals surface area contributed by atoms with Crippen LogP contribution in [-0.2, 0) is 4.79 Å². The maximum Gasteiger partial charge on any atom is 0.270 e. The zero-order chi connectivity index (χ0) is 21.3. The van der Waals surface area contributed by atoms with Gasteiger partial charge in [0.1, 0.15) is 16.6 Å². The lowest BCUT2D eigenvalue weighted by Gasteiger charge is -2.08. The summed E-state index contributed by atoms with van der Waals surface area (Å²) in [6, 6.07) is 15.5. The SMILES string of the molecule is N#C/C(=C\N1C(=O)/C(=C\c2ccc([N+](=O)[O-])cc2)SC1=S)c1nc2ccccc2s1. The Morgan fingerprint density at radius 1 is 1.23 bits per heavy atom. The molecule has 1 amide bonds. The van der Waals surface area contributed by atoms with Gasteiger partial charge in [-0.3, -0.25) is 19.8 Å². The predicted octanol–water partition coefficient (Wildman–Crippen LogP) is 4.97. The number of thioether (sulfide) groups is 1. The van der Waals surface area contributed by atoms with Crippen molar-refractivity contribution in [3.8, 4) is 6.07 Å². The van der Waals surface area contributed by atoms with E-state index in [2.05, 4.69) is 11.1 Å². The van der Waals surface area contributed by atoms with Crippen LogP contribution in [-0.4, -0.2) is 25.0 Å². The number of fused-ring (bicyclic) bond motifs is 1. The number of non-ortho nitro benzene ring substituents is 1. The summed E-state index contributed by atoms with van der Waals surface area (Å²) in [5, 5.41) is 20.9. The first kappa shape index (κ1) is 19.9. The van der Waals surface area contributed by atoms with Gasteiger partial charge in [0.25, 0.3) is 11.6 Å². The van der Waals surface area contributed by atoms with Crippen molar-refractivity contribution in [2.45, 2.75) is 0 Å². The fourth-order valence-corrected chi connectivity index (χ4v) is 4.82. The van der Waals surface area contributed by atoms with Gasteiger partial charge in [-0.25, -0.2) is 4.98 Å². The Labute approximate surface area is 184 Å².